The molecule has 0 heterocycles. The molecular weight excluding hydrogens is 320 g/mol. The third-order valence-corrected chi connectivity index (χ3v) is 3.41. The highest BCUT2D eigenvalue weighted by Crippen LogP contribution is 2.25. The van der Waals surface area contributed by atoms with E-state index < -0.39 is 5.97 Å². The second kappa shape index (κ2) is 8.68. The SMILES string of the molecule is CCOc1ccc(OCC)c(C(=O)C=Cc2ccc(C(=O)O)cc2)c1. The van der Waals surface area contributed by atoms with Crippen LogP contribution in [-0.4, -0.2) is 30.1 Å². The number of allylic oxidation sites excluding steroid dienone is 1. The van der Waals surface area contributed by atoms with Crippen LogP contribution < -0.4 is 9.47 Å². The van der Waals surface area contributed by atoms with Gasteiger partial charge in [-0.25, -0.2) is 4.79 Å². The quantitative estimate of drug-likeness (QED) is 0.579. The van der Waals surface area contributed by atoms with Crippen molar-refractivity contribution in [2.45, 2.75) is 13.8 Å². The Bertz CT molecular complexity index is 775. The molecule has 1 N–H and O–H groups in total. The van der Waals surface area contributed by atoms with Crippen molar-refractivity contribution in [3.63, 3.8) is 0 Å². The number of hydrogen-bond donors (Lipinski definition) is 1. The van der Waals surface area contributed by atoms with Gasteiger partial charge in [-0.2, -0.15) is 0 Å². The first-order valence-electron chi connectivity index (χ1n) is 8.00. The Morgan fingerprint density at radius 3 is 2.28 bits per heavy atom. The molecule has 0 saturated heterocycles. The Morgan fingerprint density at radius 2 is 1.68 bits per heavy atom. The summed E-state index contributed by atoms with van der Waals surface area (Å²) >= 11 is 0. The molecule has 0 fully saturated rings. The Morgan fingerprint density at radius 1 is 1.00 bits per heavy atom. The van der Waals surface area contributed by atoms with Crippen LogP contribution in [0.5, 0.6) is 11.5 Å². The van der Waals surface area contributed by atoms with Crippen LogP contribution in [0.3, 0.4) is 0 Å². The maximum atomic E-state index is 12.5. The number of ether oxygens (including phenoxy) is 2. The maximum Gasteiger partial charge on any atom is 0.335 e. The minimum absolute atomic E-state index is 0.200. The van der Waals surface area contributed by atoms with Gasteiger partial charge in [-0.15, -0.1) is 0 Å². The molecule has 2 aromatic rings. The van der Waals surface area contributed by atoms with Crippen molar-refractivity contribution in [2.24, 2.45) is 0 Å². The topological polar surface area (TPSA) is 72.8 Å². The van der Waals surface area contributed by atoms with E-state index >= 15 is 0 Å². The molecule has 5 nitrogen and oxygen atoms in total. The molecule has 0 aliphatic heterocycles. The Hall–Kier alpha value is -3.08. The van der Waals surface area contributed by atoms with Gasteiger partial charge in [0.05, 0.1) is 24.3 Å². The number of carbonyl (C=O) groups excluding carboxylic acids is 1. The van der Waals surface area contributed by atoms with Crippen LogP contribution in [0.25, 0.3) is 6.08 Å². The highest BCUT2D eigenvalue weighted by atomic mass is 16.5. The minimum atomic E-state index is -0.985. The predicted octanol–water partition coefficient (Wildman–Crippen LogP) is 4.08. The molecule has 5 heteroatoms. The average molecular weight is 340 g/mol. The van der Waals surface area contributed by atoms with Gasteiger partial charge in [0.2, 0.25) is 0 Å². The van der Waals surface area contributed by atoms with E-state index in [-0.39, 0.29) is 11.3 Å². The number of carbonyl (C=O) groups is 2. The van der Waals surface area contributed by atoms with Crippen LogP contribution in [0, 0.1) is 0 Å². The van der Waals surface area contributed by atoms with E-state index in [0.717, 1.165) is 5.56 Å². The summed E-state index contributed by atoms with van der Waals surface area (Å²) < 4.78 is 11.0. The third-order valence-electron chi connectivity index (χ3n) is 3.41. The summed E-state index contributed by atoms with van der Waals surface area (Å²) in [7, 11) is 0. The number of rotatable bonds is 8. The summed E-state index contributed by atoms with van der Waals surface area (Å²) in [6.45, 7) is 4.69. The second-order valence-electron chi connectivity index (χ2n) is 5.15. The van der Waals surface area contributed by atoms with Gasteiger partial charge in [0.25, 0.3) is 0 Å². The zero-order valence-corrected chi connectivity index (χ0v) is 14.2. The fraction of sp³-hybridized carbons (Fsp3) is 0.200. The van der Waals surface area contributed by atoms with Crippen LogP contribution in [0.2, 0.25) is 0 Å². The summed E-state index contributed by atoms with van der Waals surface area (Å²) in [4.78, 5) is 23.4. The van der Waals surface area contributed by atoms with Crippen molar-refractivity contribution >= 4 is 17.8 Å². The first kappa shape index (κ1) is 18.3. The van der Waals surface area contributed by atoms with Crippen LogP contribution in [0.4, 0.5) is 0 Å². The van der Waals surface area contributed by atoms with Gasteiger partial charge in [-0.3, -0.25) is 4.79 Å². The lowest BCUT2D eigenvalue weighted by Gasteiger charge is -2.10. The molecule has 2 rings (SSSR count). The second-order valence-corrected chi connectivity index (χ2v) is 5.15. The van der Waals surface area contributed by atoms with Crippen molar-refractivity contribution < 1.29 is 24.2 Å². The molecule has 0 aliphatic carbocycles. The summed E-state index contributed by atoms with van der Waals surface area (Å²) in [5.41, 5.74) is 1.36. The largest absolute Gasteiger partial charge is 0.494 e. The third kappa shape index (κ3) is 4.94. The van der Waals surface area contributed by atoms with Gasteiger partial charge < -0.3 is 14.6 Å². The monoisotopic (exact) mass is 340 g/mol. The molecule has 0 atom stereocenters. The lowest BCUT2D eigenvalue weighted by Crippen LogP contribution is -2.03. The zero-order chi connectivity index (χ0) is 18.2. The van der Waals surface area contributed by atoms with Gasteiger partial charge in [0, 0.05) is 0 Å². The van der Waals surface area contributed by atoms with Gasteiger partial charge >= 0.3 is 5.97 Å². The number of benzene rings is 2. The van der Waals surface area contributed by atoms with Crippen molar-refractivity contribution in [3.8, 4) is 11.5 Å². The molecule has 130 valence electrons. The highest BCUT2D eigenvalue weighted by Gasteiger charge is 2.12. The number of hydrogen-bond acceptors (Lipinski definition) is 4. The molecule has 0 saturated carbocycles. The molecule has 0 radical (unpaired) electrons. The molecule has 0 unspecified atom stereocenters. The lowest BCUT2D eigenvalue weighted by molar-refractivity contribution is 0.0696. The van der Waals surface area contributed by atoms with Crippen LogP contribution in [0.1, 0.15) is 40.1 Å². The summed E-state index contributed by atoms with van der Waals surface area (Å²) in [6.07, 6.45) is 3.07. The molecule has 2 aromatic carbocycles. The van der Waals surface area contributed by atoms with E-state index in [1.165, 1.54) is 18.2 Å². The zero-order valence-electron chi connectivity index (χ0n) is 14.2. The summed E-state index contributed by atoms with van der Waals surface area (Å²) in [5, 5.41) is 8.90. The maximum absolute atomic E-state index is 12.5. The predicted molar refractivity (Wildman–Crippen MR) is 95.5 cm³/mol. The molecular formula is C20H20O5. The number of carboxylic acid groups (broad SMARTS) is 1. The first-order valence-corrected chi connectivity index (χ1v) is 8.00. The lowest BCUT2D eigenvalue weighted by atomic mass is 10.1. The fourth-order valence-corrected chi connectivity index (χ4v) is 2.24. The van der Waals surface area contributed by atoms with Crippen molar-refractivity contribution in [1.29, 1.82) is 0 Å². The smallest absolute Gasteiger partial charge is 0.335 e. The van der Waals surface area contributed by atoms with E-state index in [4.69, 9.17) is 14.6 Å². The average Bonchev–Trinajstić information content (AvgIpc) is 2.61. The van der Waals surface area contributed by atoms with E-state index in [1.807, 2.05) is 13.8 Å². The van der Waals surface area contributed by atoms with Crippen LogP contribution >= 0.6 is 0 Å². The van der Waals surface area contributed by atoms with E-state index in [2.05, 4.69) is 0 Å². The Kier molecular flexibility index (Phi) is 6.34. The van der Waals surface area contributed by atoms with E-state index in [0.29, 0.717) is 30.3 Å². The van der Waals surface area contributed by atoms with E-state index in [9.17, 15) is 9.59 Å². The van der Waals surface area contributed by atoms with Gasteiger partial charge in [0.1, 0.15) is 11.5 Å². The standard InChI is InChI=1S/C20H20O5/c1-3-24-16-10-12-19(25-4-2)17(13-16)18(21)11-7-14-5-8-15(9-6-14)20(22)23/h5-13H,3-4H2,1-2H3,(H,22,23). The normalized spacial score (nSPS) is 10.6. The molecule has 0 bridgehead atoms. The van der Waals surface area contributed by atoms with Crippen LogP contribution in [0.15, 0.2) is 48.5 Å². The van der Waals surface area contributed by atoms with Crippen molar-refractivity contribution in [1.82, 2.24) is 0 Å². The Balaban J connectivity index is 2.23. The molecule has 0 spiro atoms. The van der Waals surface area contributed by atoms with Crippen molar-refractivity contribution in [2.75, 3.05) is 13.2 Å². The number of carboxylic acids is 1. The minimum Gasteiger partial charge on any atom is -0.494 e. The van der Waals surface area contributed by atoms with Gasteiger partial charge in [0.15, 0.2) is 5.78 Å². The van der Waals surface area contributed by atoms with Gasteiger partial charge in [-0.05, 0) is 55.8 Å². The summed E-state index contributed by atoms with van der Waals surface area (Å²) in [5.74, 6) is -0.0941. The summed E-state index contributed by atoms with van der Waals surface area (Å²) in [6, 6.07) is 11.4. The van der Waals surface area contributed by atoms with Gasteiger partial charge in [-0.1, -0.05) is 18.2 Å². The molecule has 0 amide bonds. The highest BCUT2D eigenvalue weighted by molar-refractivity contribution is 6.09. The van der Waals surface area contributed by atoms with Crippen LogP contribution in [-0.2, 0) is 0 Å². The molecule has 0 aromatic heterocycles. The fourth-order valence-electron chi connectivity index (χ4n) is 2.24. The molecule has 25 heavy (non-hydrogen) atoms. The van der Waals surface area contributed by atoms with Crippen molar-refractivity contribution in [3.05, 3.63) is 65.2 Å². The number of aromatic carboxylic acids is 1. The van der Waals surface area contributed by atoms with E-state index in [1.54, 1.807) is 36.4 Å². The first-order chi connectivity index (χ1) is 12.0. The Labute approximate surface area is 146 Å². The molecule has 0 aliphatic rings. The number of ketones is 1.